The first-order chi connectivity index (χ1) is 13.9. The Labute approximate surface area is 176 Å². The molecule has 8 heteroatoms. The minimum atomic E-state index is -3.00. The molecule has 0 aromatic heterocycles. The number of hydrogen-bond donors (Lipinski definition) is 0. The van der Waals surface area contributed by atoms with Gasteiger partial charge in [0.2, 0.25) is 0 Å². The highest BCUT2D eigenvalue weighted by atomic mass is 32.2. The molecule has 5 atom stereocenters. The Hall–Kier alpha value is -1.54. The molecule has 2 heterocycles. The van der Waals surface area contributed by atoms with E-state index in [4.69, 9.17) is 4.74 Å². The van der Waals surface area contributed by atoms with E-state index in [1.807, 2.05) is 24.3 Å². The molecule has 2 saturated heterocycles. The normalized spacial score (nSPS) is 36.0. The number of hydrogen-bond acceptors (Lipinski definition) is 5. The van der Waals surface area contributed by atoms with Crippen molar-refractivity contribution in [1.82, 2.24) is 4.90 Å². The largest absolute Gasteiger partial charge is 0.497 e. The second-order valence-corrected chi connectivity index (χ2v) is 12.1. The predicted molar refractivity (Wildman–Crippen MR) is 114 cm³/mol. The zero-order valence-electron chi connectivity index (χ0n) is 16.5. The van der Waals surface area contributed by atoms with E-state index in [1.165, 1.54) is 31.0 Å². The summed E-state index contributed by atoms with van der Waals surface area (Å²) >= 11 is 1.51. The number of thioether (sulfide) groups is 1. The van der Waals surface area contributed by atoms with Crippen LogP contribution in [0.3, 0.4) is 0 Å². The van der Waals surface area contributed by atoms with Crippen molar-refractivity contribution in [3.05, 3.63) is 29.8 Å². The highest BCUT2D eigenvalue weighted by molar-refractivity contribution is 8.15. The number of methoxy groups -OCH3 is 1. The molecule has 1 aromatic rings. The lowest BCUT2D eigenvalue weighted by molar-refractivity contribution is -0.117. The fraction of sp³-hybridized carbons (Fsp3) is 0.619. The lowest BCUT2D eigenvalue weighted by atomic mass is 9.93. The lowest BCUT2D eigenvalue weighted by Gasteiger charge is -2.36. The van der Waals surface area contributed by atoms with Crippen LogP contribution in [-0.2, 0) is 21.1 Å². The van der Waals surface area contributed by atoms with Gasteiger partial charge in [-0.05, 0) is 48.8 Å². The van der Waals surface area contributed by atoms with Gasteiger partial charge in [0, 0.05) is 11.3 Å². The smallest absolute Gasteiger partial charge is 0.252 e. The fourth-order valence-corrected chi connectivity index (χ4v) is 9.59. The SMILES string of the molecule is COc1ccc(CC(=O)N=C2S[C@@H]3CS(=O)(=O)C[C@H]3N2[C@@H]2C[C@H]3CC[C@H]2C3)cc1. The highest BCUT2D eigenvalue weighted by Crippen LogP contribution is 2.51. The molecule has 2 bridgehead atoms. The number of carbonyl (C=O) groups is 1. The zero-order valence-corrected chi connectivity index (χ0v) is 18.1. The van der Waals surface area contributed by atoms with Crippen LogP contribution >= 0.6 is 11.8 Å². The molecule has 5 rings (SSSR count). The summed E-state index contributed by atoms with van der Waals surface area (Å²) in [7, 11) is -1.39. The second-order valence-electron chi connectivity index (χ2n) is 8.76. The van der Waals surface area contributed by atoms with E-state index in [0.29, 0.717) is 12.0 Å². The van der Waals surface area contributed by atoms with Gasteiger partial charge in [0.1, 0.15) is 5.75 Å². The van der Waals surface area contributed by atoms with Gasteiger partial charge in [0.15, 0.2) is 15.0 Å². The standard InChI is InChI=1S/C21H26N2O4S2/c1-27-16-6-3-13(4-7-16)10-20(24)22-21-23(17-9-14-2-5-15(17)8-14)18-11-29(25,26)12-19(18)28-21/h3-4,6-7,14-15,17-19H,2,5,8-12H2,1H3/t14-,15-,17+,18+,19+/m0/s1. The Morgan fingerprint density at radius 3 is 2.62 bits per heavy atom. The van der Waals surface area contributed by atoms with E-state index in [-0.39, 0.29) is 35.1 Å². The summed E-state index contributed by atoms with van der Waals surface area (Å²) in [4.78, 5) is 19.5. The van der Waals surface area contributed by atoms with Crippen LogP contribution in [0.25, 0.3) is 0 Å². The summed E-state index contributed by atoms with van der Waals surface area (Å²) in [5, 5.41) is 0.762. The van der Waals surface area contributed by atoms with Gasteiger partial charge in [0.25, 0.3) is 5.91 Å². The Kier molecular flexibility index (Phi) is 4.89. The van der Waals surface area contributed by atoms with Gasteiger partial charge in [-0.15, -0.1) is 0 Å². The second kappa shape index (κ2) is 7.30. The van der Waals surface area contributed by atoms with Crippen molar-refractivity contribution >= 4 is 32.7 Å². The highest BCUT2D eigenvalue weighted by Gasteiger charge is 2.54. The van der Waals surface area contributed by atoms with Crippen LogP contribution in [0.1, 0.15) is 31.2 Å². The van der Waals surface area contributed by atoms with E-state index in [1.54, 1.807) is 7.11 Å². The summed E-state index contributed by atoms with van der Waals surface area (Å²) in [6, 6.07) is 7.77. The number of aliphatic imine (C=N–C) groups is 1. The van der Waals surface area contributed by atoms with Gasteiger partial charge in [-0.1, -0.05) is 30.3 Å². The minimum Gasteiger partial charge on any atom is -0.497 e. The first-order valence-corrected chi connectivity index (χ1v) is 13.0. The van der Waals surface area contributed by atoms with Gasteiger partial charge in [-0.25, -0.2) is 8.42 Å². The van der Waals surface area contributed by atoms with Crippen LogP contribution in [0.2, 0.25) is 0 Å². The molecule has 1 amide bonds. The van der Waals surface area contributed by atoms with Crippen molar-refractivity contribution in [2.45, 2.75) is 49.4 Å². The Morgan fingerprint density at radius 2 is 1.97 bits per heavy atom. The number of carbonyl (C=O) groups excluding carboxylic acids is 1. The van der Waals surface area contributed by atoms with Crippen molar-refractivity contribution in [3.63, 3.8) is 0 Å². The topological polar surface area (TPSA) is 76.0 Å². The van der Waals surface area contributed by atoms with Gasteiger partial charge in [0.05, 0.1) is 31.1 Å². The van der Waals surface area contributed by atoms with Crippen LogP contribution in [0.4, 0.5) is 0 Å². The zero-order chi connectivity index (χ0) is 20.2. The monoisotopic (exact) mass is 434 g/mol. The first-order valence-electron chi connectivity index (χ1n) is 10.3. The molecule has 6 nitrogen and oxygen atoms in total. The maximum Gasteiger partial charge on any atom is 0.252 e. The number of fused-ring (bicyclic) bond motifs is 3. The molecule has 2 saturated carbocycles. The maximum atomic E-state index is 12.7. The molecule has 0 radical (unpaired) electrons. The van der Waals surface area contributed by atoms with E-state index in [9.17, 15) is 13.2 Å². The van der Waals surface area contributed by atoms with Gasteiger partial charge in [-0.3, -0.25) is 4.79 Å². The number of rotatable bonds is 4. The molecule has 2 aliphatic heterocycles. The van der Waals surface area contributed by atoms with Crippen LogP contribution in [-0.4, -0.2) is 60.3 Å². The van der Waals surface area contributed by atoms with Crippen LogP contribution < -0.4 is 4.74 Å². The van der Waals surface area contributed by atoms with Gasteiger partial charge < -0.3 is 9.64 Å². The molecule has 2 aliphatic carbocycles. The van der Waals surface area contributed by atoms with Crippen LogP contribution in [0, 0.1) is 11.8 Å². The van der Waals surface area contributed by atoms with Crippen molar-refractivity contribution in [2.75, 3.05) is 18.6 Å². The van der Waals surface area contributed by atoms with Gasteiger partial charge in [-0.2, -0.15) is 4.99 Å². The lowest BCUT2D eigenvalue weighted by Crippen LogP contribution is -2.47. The Balaban J connectivity index is 1.37. The average molecular weight is 435 g/mol. The Morgan fingerprint density at radius 1 is 1.17 bits per heavy atom. The number of amides is 1. The van der Waals surface area contributed by atoms with Gasteiger partial charge >= 0.3 is 0 Å². The quantitative estimate of drug-likeness (QED) is 0.725. The number of amidine groups is 1. The summed E-state index contributed by atoms with van der Waals surface area (Å²) in [5.74, 6) is 2.35. The van der Waals surface area contributed by atoms with Crippen molar-refractivity contribution in [2.24, 2.45) is 16.8 Å². The molecule has 0 spiro atoms. The van der Waals surface area contributed by atoms with Crippen molar-refractivity contribution in [1.29, 1.82) is 0 Å². The van der Waals surface area contributed by atoms with E-state index in [2.05, 4.69) is 9.89 Å². The third-order valence-corrected chi connectivity index (χ3v) is 10.1. The molecule has 156 valence electrons. The molecule has 29 heavy (non-hydrogen) atoms. The third-order valence-electron chi connectivity index (χ3n) is 6.90. The molecular weight excluding hydrogens is 408 g/mol. The summed E-state index contributed by atoms with van der Waals surface area (Å²) in [5.41, 5.74) is 0.900. The summed E-state index contributed by atoms with van der Waals surface area (Å²) in [6.45, 7) is 0. The van der Waals surface area contributed by atoms with E-state index < -0.39 is 9.84 Å². The number of benzene rings is 1. The molecule has 0 N–H and O–H groups in total. The maximum absolute atomic E-state index is 12.7. The number of ether oxygens (including phenoxy) is 1. The molecule has 4 aliphatic rings. The molecule has 1 aromatic carbocycles. The molecule has 4 fully saturated rings. The summed E-state index contributed by atoms with van der Waals surface area (Å²) in [6.07, 6.45) is 5.10. The Bertz CT molecular complexity index is 944. The number of sulfone groups is 1. The summed E-state index contributed by atoms with van der Waals surface area (Å²) < 4.78 is 29.6. The fourth-order valence-electron chi connectivity index (χ4n) is 5.59. The first kappa shape index (κ1) is 19.4. The van der Waals surface area contributed by atoms with Crippen molar-refractivity contribution in [3.8, 4) is 5.75 Å². The van der Waals surface area contributed by atoms with E-state index >= 15 is 0 Å². The van der Waals surface area contributed by atoms with Crippen molar-refractivity contribution < 1.29 is 17.9 Å². The van der Waals surface area contributed by atoms with Crippen LogP contribution in [0.5, 0.6) is 5.75 Å². The average Bonchev–Trinajstić information content (AvgIpc) is 3.42. The predicted octanol–water partition coefficient (Wildman–Crippen LogP) is 2.52. The number of nitrogens with zero attached hydrogens (tertiary/aromatic N) is 2. The minimum absolute atomic E-state index is 0.00617. The third kappa shape index (κ3) is 3.69. The van der Waals surface area contributed by atoms with Crippen LogP contribution in [0.15, 0.2) is 29.3 Å². The molecular formula is C21H26N2O4S2. The van der Waals surface area contributed by atoms with E-state index in [0.717, 1.165) is 28.8 Å². The molecule has 0 unspecified atom stereocenters.